The predicted molar refractivity (Wildman–Crippen MR) is 65.8 cm³/mol. The van der Waals surface area contributed by atoms with E-state index >= 15 is 0 Å². The third kappa shape index (κ3) is 1.53. The van der Waals surface area contributed by atoms with Crippen LogP contribution in [0.1, 0.15) is 16.4 Å². The summed E-state index contributed by atoms with van der Waals surface area (Å²) < 4.78 is 0. The molecule has 16 heavy (non-hydrogen) atoms. The Bertz CT molecular complexity index is 518. The molecule has 1 amide bonds. The van der Waals surface area contributed by atoms with Gasteiger partial charge in [-0.15, -0.1) is 11.3 Å². The van der Waals surface area contributed by atoms with E-state index in [1.54, 1.807) is 11.3 Å². The summed E-state index contributed by atoms with van der Waals surface area (Å²) in [6.45, 7) is 0. The van der Waals surface area contributed by atoms with Crippen LogP contribution in [0.4, 0.5) is 5.69 Å². The summed E-state index contributed by atoms with van der Waals surface area (Å²) in [5.74, 6) is 0.128. The van der Waals surface area contributed by atoms with E-state index in [0.29, 0.717) is 0 Å². The Morgan fingerprint density at radius 2 is 2.00 bits per heavy atom. The van der Waals surface area contributed by atoms with Gasteiger partial charge in [0.15, 0.2) is 0 Å². The van der Waals surface area contributed by atoms with Gasteiger partial charge in [-0.3, -0.25) is 4.79 Å². The highest BCUT2D eigenvalue weighted by molar-refractivity contribution is 7.11. The van der Waals surface area contributed by atoms with Crippen LogP contribution in [0.15, 0.2) is 41.8 Å². The molecule has 1 aromatic carbocycles. The van der Waals surface area contributed by atoms with Crippen molar-refractivity contribution in [1.29, 1.82) is 0 Å². The van der Waals surface area contributed by atoms with E-state index in [-0.39, 0.29) is 11.8 Å². The van der Waals surface area contributed by atoms with Crippen LogP contribution in [0.25, 0.3) is 0 Å². The van der Waals surface area contributed by atoms with Crippen molar-refractivity contribution < 1.29 is 4.79 Å². The molecular weight excluding hydrogens is 218 g/mol. The van der Waals surface area contributed by atoms with Gasteiger partial charge in [0.25, 0.3) is 0 Å². The Labute approximate surface area is 97.9 Å². The van der Waals surface area contributed by atoms with Crippen molar-refractivity contribution in [1.82, 2.24) is 0 Å². The Hall–Kier alpha value is -1.61. The number of anilines is 1. The van der Waals surface area contributed by atoms with Crippen LogP contribution >= 0.6 is 11.3 Å². The van der Waals surface area contributed by atoms with E-state index in [4.69, 9.17) is 0 Å². The quantitative estimate of drug-likeness (QED) is 0.842. The molecule has 0 fully saturated rings. The Kier molecular flexibility index (Phi) is 2.26. The van der Waals surface area contributed by atoms with E-state index in [1.807, 2.05) is 29.6 Å². The molecule has 0 bridgehead atoms. The first-order chi connectivity index (χ1) is 7.84. The average molecular weight is 229 g/mol. The summed E-state index contributed by atoms with van der Waals surface area (Å²) in [5.41, 5.74) is 2.21. The second kappa shape index (κ2) is 3.76. The number of fused-ring (bicyclic) bond motifs is 1. The average Bonchev–Trinajstić information content (AvgIpc) is 2.84. The molecule has 1 aliphatic rings. The van der Waals surface area contributed by atoms with Gasteiger partial charge < -0.3 is 5.32 Å². The molecule has 1 aliphatic heterocycles. The van der Waals surface area contributed by atoms with Crippen LogP contribution in [0, 0.1) is 0 Å². The Balaban J connectivity index is 1.89. The zero-order chi connectivity index (χ0) is 11.0. The lowest BCUT2D eigenvalue weighted by atomic mass is 9.99. The molecule has 2 nitrogen and oxygen atoms in total. The smallest absolute Gasteiger partial charge is 0.233 e. The first-order valence-electron chi connectivity index (χ1n) is 5.27. The number of benzene rings is 1. The van der Waals surface area contributed by atoms with E-state index in [0.717, 1.165) is 12.1 Å². The molecule has 3 rings (SSSR count). The molecule has 1 N–H and O–H groups in total. The number of rotatable bonds is 2. The minimum atomic E-state index is -0.00241. The lowest BCUT2D eigenvalue weighted by molar-refractivity contribution is -0.116. The largest absolute Gasteiger partial charge is 0.324 e. The minimum Gasteiger partial charge on any atom is -0.324 e. The van der Waals surface area contributed by atoms with Gasteiger partial charge in [-0.25, -0.2) is 0 Å². The lowest BCUT2D eigenvalue weighted by Gasteiger charge is -2.06. The van der Waals surface area contributed by atoms with Crippen molar-refractivity contribution in [3.05, 3.63) is 52.2 Å². The van der Waals surface area contributed by atoms with Crippen molar-refractivity contribution in [3.63, 3.8) is 0 Å². The monoisotopic (exact) mass is 229 g/mol. The second-order valence-corrected chi connectivity index (χ2v) is 4.88. The maximum Gasteiger partial charge on any atom is 0.233 e. The summed E-state index contributed by atoms with van der Waals surface area (Å²) >= 11 is 1.66. The van der Waals surface area contributed by atoms with Crippen LogP contribution in [-0.4, -0.2) is 5.91 Å². The molecule has 1 unspecified atom stereocenters. The van der Waals surface area contributed by atoms with Crippen molar-refractivity contribution in [2.24, 2.45) is 0 Å². The van der Waals surface area contributed by atoms with Gasteiger partial charge in [0.2, 0.25) is 5.91 Å². The zero-order valence-electron chi connectivity index (χ0n) is 8.64. The van der Waals surface area contributed by atoms with Crippen molar-refractivity contribution in [2.75, 3.05) is 5.32 Å². The normalized spacial score (nSPS) is 18.2. The minimum absolute atomic E-state index is 0.00241. The summed E-state index contributed by atoms with van der Waals surface area (Å²) in [4.78, 5) is 13.0. The molecule has 0 radical (unpaired) electrons. The maximum atomic E-state index is 11.8. The SMILES string of the molecule is O=C1Nc2ccsc2C1Cc1ccccc1. The molecule has 2 aromatic rings. The van der Waals surface area contributed by atoms with Crippen molar-refractivity contribution in [3.8, 4) is 0 Å². The number of carbonyl (C=O) groups is 1. The van der Waals surface area contributed by atoms with Crippen molar-refractivity contribution >= 4 is 22.9 Å². The first-order valence-corrected chi connectivity index (χ1v) is 6.15. The number of nitrogens with one attached hydrogen (secondary N) is 1. The lowest BCUT2D eigenvalue weighted by Crippen LogP contribution is -2.14. The second-order valence-electron chi connectivity index (χ2n) is 3.93. The molecule has 2 heterocycles. The summed E-state index contributed by atoms with van der Waals surface area (Å²) in [5, 5.41) is 4.95. The third-order valence-electron chi connectivity index (χ3n) is 2.87. The standard InChI is InChI=1S/C13H11NOS/c15-13-10(8-9-4-2-1-3-5-9)12-11(14-13)6-7-16-12/h1-7,10H,8H2,(H,14,15). The summed E-state index contributed by atoms with van der Waals surface area (Å²) in [7, 11) is 0. The van der Waals surface area contributed by atoms with Crippen LogP contribution < -0.4 is 5.32 Å². The number of carbonyl (C=O) groups excluding carboxylic acids is 1. The molecule has 3 heteroatoms. The van der Waals surface area contributed by atoms with E-state index in [9.17, 15) is 4.79 Å². The predicted octanol–water partition coefficient (Wildman–Crippen LogP) is 3.03. The molecule has 1 aromatic heterocycles. The van der Waals surface area contributed by atoms with E-state index < -0.39 is 0 Å². The van der Waals surface area contributed by atoms with Gasteiger partial charge in [0, 0.05) is 4.88 Å². The maximum absolute atomic E-state index is 11.8. The molecule has 0 saturated heterocycles. The van der Waals surface area contributed by atoms with E-state index in [1.165, 1.54) is 10.4 Å². The highest BCUT2D eigenvalue weighted by atomic mass is 32.1. The Morgan fingerprint density at radius 1 is 1.19 bits per heavy atom. The third-order valence-corrected chi connectivity index (χ3v) is 3.90. The van der Waals surface area contributed by atoms with Crippen LogP contribution in [-0.2, 0) is 11.2 Å². The van der Waals surface area contributed by atoms with Gasteiger partial charge >= 0.3 is 0 Å². The fourth-order valence-electron chi connectivity index (χ4n) is 2.07. The van der Waals surface area contributed by atoms with Gasteiger partial charge in [-0.2, -0.15) is 0 Å². The number of hydrogen-bond acceptors (Lipinski definition) is 2. The fourth-order valence-corrected chi connectivity index (χ4v) is 3.02. The molecule has 0 saturated carbocycles. The molecule has 80 valence electrons. The van der Waals surface area contributed by atoms with E-state index in [2.05, 4.69) is 17.4 Å². The fraction of sp³-hybridized carbons (Fsp3) is 0.154. The zero-order valence-corrected chi connectivity index (χ0v) is 9.46. The first kappa shape index (κ1) is 9.60. The van der Waals surface area contributed by atoms with Crippen LogP contribution in [0.2, 0.25) is 0 Å². The summed E-state index contributed by atoms with van der Waals surface area (Å²) in [6, 6.07) is 12.1. The van der Waals surface area contributed by atoms with Gasteiger partial charge in [-0.1, -0.05) is 30.3 Å². The Morgan fingerprint density at radius 3 is 2.81 bits per heavy atom. The molecule has 0 aliphatic carbocycles. The van der Waals surface area contributed by atoms with Gasteiger partial charge in [-0.05, 0) is 23.4 Å². The van der Waals surface area contributed by atoms with Crippen LogP contribution in [0.3, 0.4) is 0 Å². The number of thiophene rings is 1. The molecular formula is C13H11NOS. The number of hydrogen-bond donors (Lipinski definition) is 1. The summed E-state index contributed by atoms with van der Waals surface area (Å²) in [6.07, 6.45) is 0.792. The molecule has 1 atom stereocenters. The molecule has 0 spiro atoms. The van der Waals surface area contributed by atoms with Gasteiger partial charge in [0.05, 0.1) is 11.6 Å². The highest BCUT2D eigenvalue weighted by Gasteiger charge is 2.31. The van der Waals surface area contributed by atoms with Crippen molar-refractivity contribution in [2.45, 2.75) is 12.3 Å². The van der Waals surface area contributed by atoms with Crippen LogP contribution in [0.5, 0.6) is 0 Å². The number of amides is 1. The topological polar surface area (TPSA) is 29.1 Å². The highest BCUT2D eigenvalue weighted by Crippen LogP contribution is 2.38. The van der Waals surface area contributed by atoms with Gasteiger partial charge in [0.1, 0.15) is 0 Å².